The van der Waals surface area contributed by atoms with E-state index in [2.05, 4.69) is 20.3 Å². The van der Waals surface area contributed by atoms with Crippen LogP contribution in [0.4, 0.5) is 5.95 Å². The van der Waals surface area contributed by atoms with Gasteiger partial charge in [0.05, 0.1) is 19.8 Å². The number of hydrogen-bond donors (Lipinski definition) is 1. The highest BCUT2D eigenvalue weighted by molar-refractivity contribution is 7.53. The van der Waals surface area contributed by atoms with E-state index in [4.69, 9.17) is 30.2 Å². The molecule has 144 valence electrons. The highest BCUT2D eigenvalue weighted by atomic mass is 35.5. The van der Waals surface area contributed by atoms with Gasteiger partial charge in [-0.1, -0.05) is 11.6 Å². The average molecular weight is 408 g/mol. The van der Waals surface area contributed by atoms with Crippen molar-refractivity contribution in [1.29, 1.82) is 0 Å². The molecule has 2 aromatic heterocycles. The zero-order valence-electron chi connectivity index (χ0n) is 14.3. The summed E-state index contributed by atoms with van der Waals surface area (Å²) in [4.78, 5) is 28.0. The molecule has 2 aromatic rings. The predicted octanol–water partition coefficient (Wildman–Crippen LogP) is 1.72. The monoisotopic (exact) mass is 407 g/mol. The van der Waals surface area contributed by atoms with Crippen molar-refractivity contribution in [3.05, 3.63) is 11.5 Å². The van der Waals surface area contributed by atoms with E-state index in [1.165, 1.54) is 11.1 Å². The minimum atomic E-state index is -3.26. The summed E-state index contributed by atoms with van der Waals surface area (Å²) in [7, 11) is -3.26. The number of rotatable bonds is 12. The largest absolute Gasteiger partial charge is 0.408 e. The molecule has 2 rings (SSSR count). The zero-order valence-corrected chi connectivity index (χ0v) is 15.9. The molecule has 2 heterocycles. The van der Waals surface area contributed by atoms with Crippen LogP contribution >= 0.6 is 19.2 Å². The van der Waals surface area contributed by atoms with Crippen molar-refractivity contribution in [3.63, 3.8) is 0 Å². The van der Waals surface area contributed by atoms with Gasteiger partial charge in [-0.25, -0.2) is 4.98 Å². The standard InChI is InChI=1S/C13H19ClN5O6P/c1-3-24-26(21,25-4-2)9-22-5-6-23-19-7-15-10-11(14)17-13(16-8-20)18-12(10)19/h7-8H,3-6,9H2,1-2H3,(H,16,17,18,20). The Labute approximate surface area is 154 Å². The summed E-state index contributed by atoms with van der Waals surface area (Å²) in [6.45, 7) is 4.20. The lowest BCUT2D eigenvalue weighted by atomic mass is 10.5. The number of nitrogens with one attached hydrogen (secondary N) is 1. The molecule has 0 aliphatic heterocycles. The average Bonchev–Trinajstić information content (AvgIpc) is 2.99. The molecule has 0 radical (unpaired) electrons. The Bertz CT molecular complexity index is 778. The Balaban J connectivity index is 1.91. The smallest absolute Gasteiger partial charge is 0.356 e. The molecule has 0 saturated carbocycles. The van der Waals surface area contributed by atoms with Crippen LogP contribution in [0.25, 0.3) is 11.2 Å². The minimum absolute atomic E-state index is 0.0217. The molecule has 0 fully saturated rings. The number of aromatic nitrogens is 4. The minimum Gasteiger partial charge on any atom is -0.408 e. The molecule has 0 atom stereocenters. The van der Waals surface area contributed by atoms with Crippen molar-refractivity contribution in [1.82, 2.24) is 19.7 Å². The molecular formula is C13H19ClN5O6P. The zero-order chi connectivity index (χ0) is 19.0. The van der Waals surface area contributed by atoms with Gasteiger partial charge in [0.15, 0.2) is 5.15 Å². The number of ether oxygens (including phenoxy) is 1. The number of fused-ring (bicyclic) bond motifs is 1. The van der Waals surface area contributed by atoms with Crippen molar-refractivity contribution >= 4 is 42.7 Å². The molecule has 1 amide bonds. The van der Waals surface area contributed by atoms with Gasteiger partial charge in [0.25, 0.3) is 0 Å². The Morgan fingerprint density at radius 1 is 1.27 bits per heavy atom. The summed E-state index contributed by atoms with van der Waals surface area (Å²) in [5.41, 5.74) is 0.602. The molecule has 0 aromatic carbocycles. The highest BCUT2D eigenvalue weighted by Gasteiger charge is 2.23. The molecule has 1 N–H and O–H groups in total. The lowest BCUT2D eigenvalue weighted by Crippen LogP contribution is -2.17. The van der Waals surface area contributed by atoms with Gasteiger partial charge in [0, 0.05) is 0 Å². The molecule has 13 heteroatoms. The van der Waals surface area contributed by atoms with Crippen molar-refractivity contribution < 1.29 is 28.0 Å². The van der Waals surface area contributed by atoms with Crippen molar-refractivity contribution in [3.8, 4) is 0 Å². The summed E-state index contributed by atoms with van der Waals surface area (Å²) in [5, 5.41) is 2.38. The van der Waals surface area contributed by atoms with E-state index in [9.17, 15) is 9.36 Å². The van der Waals surface area contributed by atoms with Crippen LogP contribution in [-0.2, 0) is 23.1 Å². The van der Waals surface area contributed by atoms with E-state index in [0.29, 0.717) is 11.9 Å². The van der Waals surface area contributed by atoms with E-state index in [1.807, 2.05) is 0 Å². The summed E-state index contributed by atoms with van der Waals surface area (Å²) < 4.78 is 29.0. The van der Waals surface area contributed by atoms with Crippen LogP contribution in [0.3, 0.4) is 0 Å². The van der Waals surface area contributed by atoms with Gasteiger partial charge in [0.2, 0.25) is 18.0 Å². The molecule has 0 aliphatic rings. The number of amides is 1. The first kappa shape index (κ1) is 20.5. The van der Waals surface area contributed by atoms with Gasteiger partial charge in [-0.2, -0.15) is 14.7 Å². The SMILES string of the molecule is CCOP(=O)(COCCOn1cnc2c(Cl)nc(NC=O)nc21)OCC. The fraction of sp³-hybridized carbons (Fsp3) is 0.538. The number of nitrogens with zero attached hydrogens (tertiary/aromatic N) is 4. The fourth-order valence-electron chi connectivity index (χ4n) is 1.93. The van der Waals surface area contributed by atoms with Gasteiger partial charge in [0.1, 0.15) is 24.8 Å². The number of anilines is 1. The maximum Gasteiger partial charge on any atom is 0.356 e. The lowest BCUT2D eigenvalue weighted by Gasteiger charge is -2.16. The topological polar surface area (TPSA) is 127 Å². The maximum absolute atomic E-state index is 12.2. The van der Waals surface area contributed by atoms with E-state index in [1.54, 1.807) is 13.8 Å². The summed E-state index contributed by atoms with van der Waals surface area (Å²) in [5.74, 6) is 0.0217. The Morgan fingerprint density at radius 3 is 2.65 bits per heavy atom. The second-order valence-electron chi connectivity index (χ2n) is 4.66. The van der Waals surface area contributed by atoms with Crippen LogP contribution in [0.2, 0.25) is 5.15 Å². The van der Waals surface area contributed by atoms with Gasteiger partial charge in [-0.15, -0.1) is 0 Å². The van der Waals surface area contributed by atoms with Crippen LogP contribution in [-0.4, -0.2) is 58.9 Å². The van der Waals surface area contributed by atoms with Crippen molar-refractivity contribution in [2.24, 2.45) is 0 Å². The van der Waals surface area contributed by atoms with Gasteiger partial charge < -0.3 is 18.6 Å². The molecule has 0 unspecified atom stereocenters. The normalized spacial score (nSPS) is 11.7. The number of carbonyl (C=O) groups is 1. The first-order valence-corrected chi connectivity index (χ1v) is 9.83. The van der Waals surface area contributed by atoms with E-state index < -0.39 is 7.60 Å². The molecule has 11 nitrogen and oxygen atoms in total. The summed E-state index contributed by atoms with van der Waals surface area (Å²) in [6, 6.07) is 0. The van der Waals surface area contributed by atoms with Crippen molar-refractivity contribution in [2.75, 3.05) is 38.1 Å². The Kier molecular flexibility index (Phi) is 7.73. The van der Waals surface area contributed by atoms with Crippen LogP contribution < -0.4 is 10.2 Å². The molecule has 0 bridgehead atoms. The van der Waals surface area contributed by atoms with Gasteiger partial charge >= 0.3 is 7.60 Å². The predicted molar refractivity (Wildman–Crippen MR) is 93.1 cm³/mol. The quantitative estimate of drug-likeness (QED) is 0.242. The number of hydrogen-bond acceptors (Lipinski definition) is 9. The number of carbonyl (C=O) groups excluding carboxylic acids is 1. The van der Waals surface area contributed by atoms with Crippen LogP contribution in [0.1, 0.15) is 13.8 Å². The summed E-state index contributed by atoms with van der Waals surface area (Å²) >= 11 is 5.98. The van der Waals surface area contributed by atoms with E-state index >= 15 is 0 Å². The second kappa shape index (κ2) is 9.79. The number of imidazole rings is 1. The highest BCUT2D eigenvalue weighted by Crippen LogP contribution is 2.47. The third-order valence-electron chi connectivity index (χ3n) is 2.87. The molecule has 26 heavy (non-hydrogen) atoms. The van der Waals surface area contributed by atoms with Crippen LogP contribution in [0.5, 0.6) is 0 Å². The Hall–Kier alpha value is -1.78. The molecule has 0 spiro atoms. The van der Waals surface area contributed by atoms with E-state index in [-0.39, 0.29) is 49.5 Å². The Morgan fingerprint density at radius 2 is 2.00 bits per heavy atom. The van der Waals surface area contributed by atoms with Gasteiger partial charge in [-0.05, 0) is 13.8 Å². The van der Waals surface area contributed by atoms with Crippen molar-refractivity contribution in [2.45, 2.75) is 13.8 Å². The molecular weight excluding hydrogens is 389 g/mol. The van der Waals surface area contributed by atoms with Gasteiger partial charge in [-0.3, -0.25) is 14.7 Å². The number of halogens is 1. The molecule has 0 saturated heterocycles. The summed E-state index contributed by atoms with van der Waals surface area (Å²) in [6.07, 6.45) is 1.62. The second-order valence-corrected chi connectivity index (χ2v) is 7.01. The lowest BCUT2D eigenvalue weighted by molar-refractivity contribution is -0.105. The van der Waals surface area contributed by atoms with E-state index in [0.717, 1.165) is 0 Å². The van der Waals surface area contributed by atoms with Crippen LogP contribution in [0, 0.1) is 0 Å². The van der Waals surface area contributed by atoms with Crippen LogP contribution in [0.15, 0.2) is 6.33 Å². The first-order chi connectivity index (χ1) is 12.5. The fourth-order valence-corrected chi connectivity index (χ4v) is 3.51. The third-order valence-corrected chi connectivity index (χ3v) is 4.94. The first-order valence-electron chi connectivity index (χ1n) is 7.73. The maximum atomic E-state index is 12.2. The molecule has 0 aliphatic carbocycles. The third kappa shape index (κ3) is 5.36.